The fourth-order valence-electron chi connectivity index (χ4n) is 0.710. The smallest absolute Gasteiger partial charge is 0.159 e. The molecule has 0 unspecified atom stereocenters. The summed E-state index contributed by atoms with van der Waals surface area (Å²) in [7, 11) is 6.44. The maximum absolute atomic E-state index is 5.37. The average Bonchev–Trinajstić information content (AvgIpc) is 1.84. The van der Waals surface area contributed by atoms with Gasteiger partial charge in [-0.05, 0) is 18.6 Å². The molecule has 0 aromatic carbocycles. The highest BCUT2D eigenvalue weighted by atomic mass is 35.5. The lowest BCUT2D eigenvalue weighted by Crippen LogP contribution is -3.00. The summed E-state index contributed by atoms with van der Waals surface area (Å²) < 4.78 is 6.30. The summed E-state index contributed by atoms with van der Waals surface area (Å²) in [6.07, 6.45) is 1.98. The number of likely N-dealkylation sites (N-methyl/N-ethyl adjacent to an activating group) is 1. The third-order valence-corrected chi connectivity index (χ3v) is 1.80. The van der Waals surface area contributed by atoms with Crippen LogP contribution >= 0.6 is 12.2 Å². The molecule has 0 aliphatic rings. The van der Waals surface area contributed by atoms with Gasteiger partial charge in [0.25, 0.3) is 0 Å². The second kappa shape index (κ2) is 7.54. The van der Waals surface area contributed by atoms with Crippen LogP contribution in [0, 0.1) is 0 Å². The number of hydrogen-bond acceptors (Lipinski definition) is 2. The number of ether oxygens (including phenoxy) is 1. The molecule has 0 heterocycles. The fourth-order valence-corrected chi connectivity index (χ4v) is 0.997. The van der Waals surface area contributed by atoms with Crippen LogP contribution in [0.3, 0.4) is 0 Å². The fraction of sp³-hybridized carbons (Fsp3) is 0.889. The van der Waals surface area contributed by atoms with Crippen LogP contribution in [0.5, 0.6) is 0 Å². The van der Waals surface area contributed by atoms with Gasteiger partial charge in [0.15, 0.2) is 5.05 Å². The van der Waals surface area contributed by atoms with Crippen molar-refractivity contribution in [1.29, 1.82) is 0 Å². The third-order valence-electron chi connectivity index (χ3n) is 1.48. The average molecular weight is 226 g/mol. The van der Waals surface area contributed by atoms with E-state index in [9.17, 15) is 0 Å². The molecule has 0 rings (SSSR count). The SMILES string of the molecule is CCCC(=S)OCC[N+](C)(C)C.[Cl-]. The molecule has 13 heavy (non-hydrogen) atoms. The van der Waals surface area contributed by atoms with Gasteiger partial charge in [-0.2, -0.15) is 0 Å². The minimum Gasteiger partial charge on any atom is -1.00 e. The quantitative estimate of drug-likeness (QED) is 0.432. The van der Waals surface area contributed by atoms with Crippen molar-refractivity contribution in [2.24, 2.45) is 0 Å². The highest BCUT2D eigenvalue weighted by Crippen LogP contribution is 1.96. The molecule has 4 heteroatoms. The number of rotatable bonds is 5. The maximum atomic E-state index is 5.37. The molecule has 0 aromatic rings. The molecule has 0 saturated heterocycles. The summed E-state index contributed by atoms with van der Waals surface area (Å²) >= 11 is 5.01. The monoisotopic (exact) mass is 225 g/mol. The topological polar surface area (TPSA) is 9.23 Å². The molecule has 0 amide bonds. The molecule has 0 atom stereocenters. The largest absolute Gasteiger partial charge is 1.00 e. The van der Waals surface area contributed by atoms with Gasteiger partial charge in [0, 0.05) is 6.42 Å². The minimum atomic E-state index is 0. The highest BCUT2D eigenvalue weighted by molar-refractivity contribution is 7.80. The van der Waals surface area contributed by atoms with Crippen LogP contribution in [0.1, 0.15) is 19.8 Å². The summed E-state index contributed by atoms with van der Waals surface area (Å²) in [5, 5.41) is 0.756. The molecule has 0 aliphatic carbocycles. The number of quaternary nitrogens is 1. The molecule has 80 valence electrons. The predicted molar refractivity (Wildman–Crippen MR) is 56.4 cm³/mol. The van der Waals surface area contributed by atoms with E-state index in [0.717, 1.165) is 35.5 Å². The molecule has 0 radical (unpaired) electrons. The van der Waals surface area contributed by atoms with E-state index in [0.29, 0.717) is 0 Å². The lowest BCUT2D eigenvalue weighted by molar-refractivity contribution is -0.870. The van der Waals surface area contributed by atoms with E-state index in [2.05, 4.69) is 28.1 Å². The Hall–Kier alpha value is 0.140. The van der Waals surface area contributed by atoms with Gasteiger partial charge in [-0.25, -0.2) is 0 Å². The number of nitrogens with zero attached hydrogens (tertiary/aromatic N) is 1. The van der Waals surface area contributed by atoms with Crippen molar-refractivity contribution in [2.75, 3.05) is 34.3 Å². The van der Waals surface area contributed by atoms with Crippen LogP contribution in [-0.4, -0.2) is 43.8 Å². The molecule has 2 nitrogen and oxygen atoms in total. The first kappa shape index (κ1) is 15.6. The predicted octanol–water partition coefficient (Wildman–Crippen LogP) is -1.16. The van der Waals surface area contributed by atoms with E-state index in [-0.39, 0.29) is 12.4 Å². The second-order valence-corrected chi connectivity index (χ2v) is 4.44. The van der Waals surface area contributed by atoms with E-state index in [4.69, 9.17) is 17.0 Å². The lowest BCUT2D eigenvalue weighted by atomic mass is 10.4. The first-order valence-electron chi connectivity index (χ1n) is 4.42. The van der Waals surface area contributed by atoms with E-state index < -0.39 is 0 Å². The zero-order valence-corrected chi connectivity index (χ0v) is 10.5. The molecular weight excluding hydrogens is 206 g/mol. The van der Waals surface area contributed by atoms with Crippen molar-refractivity contribution in [1.82, 2.24) is 0 Å². The first-order valence-corrected chi connectivity index (χ1v) is 4.82. The molecule has 0 bridgehead atoms. The lowest BCUT2D eigenvalue weighted by Gasteiger charge is -2.23. The van der Waals surface area contributed by atoms with Gasteiger partial charge in [-0.1, -0.05) is 6.92 Å². The van der Waals surface area contributed by atoms with Crippen LogP contribution in [0.2, 0.25) is 0 Å². The van der Waals surface area contributed by atoms with Gasteiger partial charge in [0.1, 0.15) is 13.2 Å². The first-order chi connectivity index (χ1) is 5.45. The maximum Gasteiger partial charge on any atom is 0.159 e. The van der Waals surface area contributed by atoms with Gasteiger partial charge in [-0.3, -0.25) is 0 Å². The van der Waals surface area contributed by atoms with Gasteiger partial charge in [-0.15, -0.1) is 0 Å². The van der Waals surface area contributed by atoms with Gasteiger partial charge < -0.3 is 21.6 Å². The van der Waals surface area contributed by atoms with Crippen molar-refractivity contribution in [3.63, 3.8) is 0 Å². The van der Waals surface area contributed by atoms with Crippen LogP contribution in [0.25, 0.3) is 0 Å². The van der Waals surface area contributed by atoms with Crippen LogP contribution in [0.15, 0.2) is 0 Å². The van der Waals surface area contributed by atoms with E-state index >= 15 is 0 Å². The van der Waals surface area contributed by atoms with Crippen molar-refractivity contribution < 1.29 is 21.6 Å². The second-order valence-electron chi connectivity index (χ2n) is 3.98. The van der Waals surface area contributed by atoms with Crippen LogP contribution in [-0.2, 0) is 4.74 Å². The van der Waals surface area contributed by atoms with Crippen molar-refractivity contribution in [3.05, 3.63) is 0 Å². The molecule has 0 fully saturated rings. The molecule has 0 saturated carbocycles. The summed E-state index contributed by atoms with van der Waals surface area (Å²) in [6, 6.07) is 0. The van der Waals surface area contributed by atoms with E-state index in [1.807, 2.05) is 0 Å². The molecular formula is C9H20ClNOS. The number of hydrogen-bond donors (Lipinski definition) is 0. The number of thiocarbonyl (C=S) groups is 1. The highest BCUT2D eigenvalue weighted by Gasteiger charge is 2.06. The van der Waals surface area contributed by atoms with E-state index in [1.165, 1.54) is 0 Å². The Bertz CT molecular complexity index is 145. The Kier molecular flexibility index (Phi) is 9.05. The Morgan fingerprint density at radius 1 is 1.31 bits per heavy atom. The molecule has 0 aromatic heterocycles. The zero-order valence-electron chi connectivity index (χ0n) is 8.97. The normalized spacial score (nSPS) is 10.5. The minimum absolute atomic E-state index is 0. The summed E-state index contributed by atoms with van der Waals surface area (Å²) in [4.78, 5) is 0. The summed E-state index contributed by atoms with van der Waals surface area (Å²) in [5.41, 5.74) is 0. The third kappa shape index (κ3) is 12.1. The van der Waals surface area contributed by atoms with Crippen LogP contribution < -0.4 is 12.4 Å². The Morgan fingerprint density at radius 2 is 1.85 bits per heavy atom. The van der Waals surface area contributed by atoms with Crippen molar-refractivity contribution >= 4 is 17.3 Å². The van der Waals surface area contributed by atoms with Crippen molar-refractivity contribution in [3.8, 4) is 0 Å². The van der Waals surface area contributed by atoms with E-state index in [1.54, 1.807) is 0 Å². The molecule has 0 N–H and O–H groups in total. The molecule has 0 spiro atoms. The van der Waals surface area contributed by atoms with Gasteiger partial charge >= 0.3 is 0 Å². The Labute approximate surface area is 93.3 Å². The molecule has 0 aliphatic heterocycles. The standard InChI is InChI=1S/C9H20NOS.ClH/c1-5-6-9(12)11-8-7-10(2,3)4;/h5-8H2,1-4H3;1H/q+1;/p-1. The van der Waals surface area contributed by atoms with Gasteiger partial charge in [0.05, 0.1) is 21.1 Å². The van der Waals surface area contributed by atoms with Crippen molar-refractivity contribution in [2.45, 2.75) is 19.8 Å². The Morgan fingerprint density at radius 3 is 2.23 bits per heavy atom. The number of halogens is 1. The summed E-state index contributed by atoms with van der Waals surface area (Å²) in [6.45, 7) is 3.85. The van der Waals surface area contributed by atoms with Crippen LogP contribution in [0.4, 0.5) is 0 Å². The van der Waals surface area contributed by atoms with Gasteiger partial charge in [0.2, 0.25) is 0 Å². The zero-order chi connectivity index (χ0) is 9.61. The summed E-state index contributed by atoms with van der Waals surface area (Å²) in [5.74, 6) is 0. The Balaban J connectivity index is 0.